The van der Waals surface area contributed by atoms with Crippen molar-refractivity contribution >= 4 is 23.2 Å². The molecule has 0 fully saturated rings. The summed E-state index contributed by atoms with van der Waals surface area (Å²) in [6, 6.07) is 12.8. The van der Waals surface area contributed by atoms with E-state index in [-0.39, 0.29) is 11.6 Å². The zero-order valence-corrected chi connectivity index (χ0v) is 14.8. The average molecular weight is 357 g/mol. The maximum Gasteiger partial charge on any atom is 0.278 e. The monoisotopic (exact) mass is 356 g/mol. The van der Waals surface area contributed by atoms with E-state index in [4.69, 9.17) is 16.3 Å². The Morgan fingerprint density at radius 3 is 2.68 bits per heavy atom. The first kappa shape index (κ1) is 17.0. The SMILES string of the molecule is COc1ccc(Cl)cc1NC(=O)c1nnn(-c2ccccc2C)c1C. The fraction of sp³-hybridized carbons (Fsp3) is 0.167. The number of aromatic nitrogens is 3. The molecule has 1 N–H and O–H groups in total. The second-order valence-electron chi connectivity index (χ2n) is 5.52. The molecule has 0 aliphatic rings. The van der Waals surface area contributed by atoms with Gasteiger partial charge in [0.15, 0.2) is 5.69 Å². The van der Waals surface area contributed by atoms with E-state index in [1.807, 2.05) is 31.2 Å². The van der Waals surface area contributed by atoms with Gasteiger partial charge in [-0.05, 0) is 43.7 Å². The highest BCUT2D eigenvalue weighted by Crippen LogP contribution is 2.28. The summed E-state index contributed by atoms with van der Waals surface area (Å²) < 4.78 is 6.90. The number of benzene rings is 2. The molecule has 0 saturated heterocycles. The molecule has 7 heteroatoms. The van der Waals surface area contributed by atoms with Crippen LogP contribution in [0.3, 0.4) is 0 Å². The fourth-order valence-corrected chi connectivity index (χ4v) is 2.70. The van der Waals surface area contributed by atoms with Crippen molar-refractivity contribution < 1.29 is 9.53 Å². The van der Waals surface area contributed by atoms with E-state index in [2.05, 4.69) is 15.6 Å². The van der Waals surface area contributed by atoms with Gasteiger partial charge in [-0.25, -0.2) is 4.68 Å². The minimum Gasteiger partial charge on any atom is -0.495 e. The van der Waals surface area contributed by atoms with Crippen LogP contribution in [-0.2, 0) is 0 Å². The number of nitrogens with one attached hydrogen (secondary N) is 1. The Balaban J connectivity index is 1.92. The van der Waals surface area contributed by atoms with Gasteiger partial charge in [-0.3, -0.25) is 4.79 Å². The number of halogens is 1. The lowest BCUT2D eigenvalue weighted by Gasteiger charge is -2.10. The molecule has 0 saturated carbocycles. The van der Waals surface area contributed by atoms with Crippen LogP contribution in [0, 0.1) is 13.8 Å². The van der Waals surface area contributed by atoms with E-state index >= 15 is 0 Å². The highest BCUT2D eigenvalue weighted by molar-refractivity contribution is 6.31. The zero-order valence-electron chi connectivity index (χ0n) is 14.1. The number of ether oxygens (including phenoxy) is 1. The summed E-state index contributed by atoms with van der Waals surface area (Å²) in [5, 5.41) is 11.4. The fourth-order valence-electron chi connectivity index (χ4n) is 2.53. The Bertz CT molecular complexity index is 937. The number of methoxy groups -OCH3 is 1. The van der Waals surface area contributed by atoms with Crippen molar-refractivity contribution in [2.24, 2.45) is 0 Å². The smallest absolute Gasteiger partial charge is 0.278 e. The second kappa shape index (κ2) is 6.94. The average Bonchev–Trinajstić information content (AvgIpc) is 2.97. The molecule has 128 valence electrons. The number of carbonyl (C=O) groups is 1. The van der Waals surface area contributed by atoms with Crippen LogP contribution in [-0.4, -0.2) is 28.0 Å². The molecular weight excluding hydrogens is 340 g/mol. The Kier molecular flexibility index (Phi) is 4.72. The Morgan fingerprint density at radius 1 is 1.20 bits per heavy atom. The van der Waals surface area contributed by atoms with E-state index in [0.29, 0.717) is 22.2 Å². The van der Waals surface area contributed by atoms with Crippen molar-refractivity contribution in [3.8, 4) is 11.4 Å². The van der Waals surface area contributed by atoms with Gasteiger partial charge in [0.25, 0.3) is 5.91 Å². The van der Waals surface area contributed by atoms with E-state index in [0.717, 1.165) is 11.3 Å². The molecule has 1 aromatic heterocycles. The Morgan fingerprint density at radius 2 is 1.96 bits per heavy atom. The van der Waals surface area contributed by atoms with Crippen molar-refractivity contribution in [3.05, 3.63) is 64.4 Å². The van der Waals surface area contributed by atoms with Crippen molar-refractivity contribution in [2.75, 3.05) is 12.4 Å². The third-order valence-electron chi connectivity index (χ3n) is 3.86. The molecule has 25 heavy (non-hydrogen) atoms. The molecule has 0 spiro atoms. The number of amides is 1. The zero-order chi connectivity index (χ0) is 18.0. The van der Waals surface area contributed by atoms with Gasteiger partial charge in [0, 0.05) is 5.02 Å². The molecule has 2 aromatic carbocycles. The van der Waals surface area contributed by atoms with Crippen LogP contribution in [0.5, 0.6) is 5.75 Å². The summed E-state index contributed by atoms with van der Waals surface area (Å²) in [4.78, 5) is 12.6. The van der Waals surface area contributed by atoms with Gasteiger partial charge in [-0.1, -0.05) is 35.0 Å². The summed E-state index contributed by atoms with van der Waals surface area (Å²) in [6.45, 7) is 3.78. The van der Waals surface area contributed by atoms with E-state index < -0.39 is 0 Å². The lowest BCUT2D eigenvalue weighted by Crippen LogP contribution is -2.15. The van der Waals surface area contributed by atoms with Crippen molar-refractivity contribution in [3.63, 3.8) is 0 Å². The number of rotatable bonds is 4. The first-order valence-electron chi connectivity index (χ1n) is 7.64. The number of hydrogen-bond acceptors (Lipinski definition) is 4. The molecule has 0 atom stereocenters. The summed E-state index contributed by atoms with van der Waals surface area (Å²) >= 11 is 6.00. The first-order valence-corrected chi connectivity index (χ1v) is 8.02. The number of anilines is 1. The van der Waals surface area contributed by atoms with Gasteiger partial charge in [0.05, 0.1) is 24.2 Å². The molecule has 0 bridgehead atoms. The van der Waals surface area contributed by atoms with Gasteiger partial charge in [0.1, 0.15) is 5.75 Å². The molecule has 1 heterocycles. The van der Waals surface area contributed by atoms with Crippen LogP contribution in [0.15, 0.2) is 42.5 Å². The molecule has 6 nitrogen and oxygen atoms in total. The van der Waals surface area contributed by atoms with E-state index in [1.165, 1.54) is 7.11 Å². The largest absolute Gasteiger partial charge is 0.495 e. The Labute approximate surface area is 150 Å². The normalized spacial score (nSPS) is 10.6. The minimum atomic E-state index is -0.377. The van der Waals surface area contributed by atoms with Gasteiger partial charge in [-0.15, -0.1) is 5.10 Å². The molecule has 0 aliphatic heterocycles. The van der Waals surface area contributed by atoms with Crippen LogP contribution < -0.4 is 10.1 Å². The van der Waals surface area contributed by atoms with Crippen LogP contribution in [0.25, 0.3) is 5.69 Å². The highest BCUT2D eigenvalue weighted by atomic mass is 35.5. The predicted molar refractivity (Wildman–Crippen MR) is 96.8 cm³/mol. The van der Waals surface area contributed by atoms with Crippen molar-refractivity contribution in [1.29, 1.82) is 0 Å². The standard InChI is InChI=1S/C18H17ClN4O2/c1-11-6-4-5-7-15(11)23-12(2)17(21-22-23)18(24)20-14-10-13(19)8-9-16(14)25-3/h4-10H,1-3H3,(H,20,24). The second-order valence-corrected chi connectivity index (χ2v) is 5.96. The topological polar surface area (TPSA) is 69.0 Å². The van der Waals surface area contributed by atoms with Crippen LogP contribution in [0.4, 0.5) is 5.69 Å². The highest BCUT2D eigenvalue weighted by Gasteiger charge is 2.19. The van der Waals surface area contributed by atoms with E-state index in [9.17, 15) is 4.79 Å². The van der Waals surface area contributed by atoms with Crippen LogP contribution in [0.1, 0.15) is 21.7 Å². The number of nitrogens with zero attached hydrogens (tertiary/aromatic N) is 3. The lowest BCUT2D eigenvalue weighted by molar-refractivity contribution is 0.102. The lowest BCUT2D eigenvalue weighted by atomic mass is 10.2. The molecular formula is C18H17ClN4O2. The van der Waals surface area contributed by atoms with Crippen molar-refractivity contribution in [1.82, 2.24) is 15.0 Å². The van der Waals surface area contributed by atoms with Crippen molar-refractivity contribution in [2.45, 2.75) is 13.8 Å². The summed E-state index contributed by atoms with van der Waals surface area (Å²) in [5.74, 6) is 0.139. The van der Waals surface area contributed by atoms with Gasteiger partial charge < -0.3 is 10.1 Å². The molecule has 0 unspecified atom stereocenters. The first-order chi connectivity index (χ1) is 12.0. The van der Waals surface area contributed by atoms with E-state index in [1.54, 1.807) is 29.8 Å². The van der Waals surface area contributed by atoms with Gasteiger partial charge in [-0.2, -0.15) is 0 Å². The van der Waals surface area contributed by atoms with Gasteiger partial charge >= 0.3 is 0 Å². The molecule has 3 aromatic rings. The maximum absolute atomic E-state index is 12.6. The number of para-hydroxylation sites is 1. The summed E-state index contributed by atoms with van der Waals surface area (Å²) in [5.41, 5.74) is 3.29. The summed E-state index contributed by atoms with van der Waals surface area (Å²) in [7, 11) is 1.53. The van der Waals surface area contributed by atoms with Crippen LogP contribution >= 0.6 is 11.6 Å². The molecule has 0 radical (unpaired) electrons. The molecule has 3 rings (SSSR count). The Hall–Kier alpha value is -2.86. The predicted octanol–water partition coefficient (Wildman–Crippen LogP) is 3.80. The minimum absolute atomic E-state index is 0.241. The number of hydrogen-bond donors (Lipinski definition) is 1. The quantitative estimate of drug-likeness (QED) is 0.772. The third kappa shape index (κ3) is 3.34. The van der Waals surface area contributed by atoms with Gasteiger partial charge in [0.2, 0.25) is 0 Å². The maximum atomic E-state index is 12.6. The number of aryl methyl sites for hydroxylation is 1. The van der Waals surface area contributed by atoms with Crippen LogP contribution in [0.2, 0.25) is 5.02 Å². The molecule has 1 amide bonds. The number of carbonyl (C=O) groups excluding carboxylic acids is 1. The molecule has 0 aliphatic carbocycles. The third-order valence-corrected chi connectivity index (χ3v) is 4.10. The summed E-state index contributed by atoms with van der Waals surface area (Å²) in [6.07, 6.45) is 0.